The Morgan fingerprint density at radius 2 is 2.25 bits per heavy atom. The molecule has 0 amide bonds. The van der Waals surface area contributed by atoms with Gasteiger partial charge in [-0.15, -0.1) is 0 Å². The van der Waals surface area contributed by atoms with Gasteiger partial charge in [0.2, 0.25) is 0 Å². The number of carboxylic acids is 1. The van der Waals surface area contributed by atoms with Crippen LogP contribution in [0, 0.1) is 0 Å². The normalized spacial score (nSPS) is 11.8. The van der Waals surface area contributed by atoms with E-state index < -0.39 is 18.0 Å². The molecule has 0 saturated heterocycles. The Morgan fingerprint density at radius 1 is 1.67 bits per heavy atom. The first-order valence-corrected chi connectivity index (χ1v) is 3.27. The number of hydrogen-bond donors (Lipinski definition) is 1. The molecule has 5 heteroatoms. The summed E-state index contributed by atoms with van der Waals surface area (Å²) < 4.78 is 0. The zero-order valence-electron chi connectivity index (χ0n) is 6.65. The van der Waals surface area contributed by atoms with Crippen LogP contribution in [-0.2, 0) is 19.4 Å². The van der Waals surface area contributed by atoms with Gasteiger partial charge in [-0.2, -0.15) is 4.89 Å². The molecule has 0 spiro atoms. The fourth-order valence-electron chi connectivity index (χ4n) is 0.444. The van der Waals surface area contributed by atoms with Gasteiger partial charge in [0.1, 0.15) is 6.10 Å². The molecule has 68 valence electrons. The van der Waals surface area contributed by atoms with Crippen LogP contribution in [0.3, 0.4) is 0 Å². The van der Waals surface area contributed by atoms with Crippen molar-refractivity contribution in [1.29, 1.82) is 0 Å². The molecule has 0 heterocycles. The van der Waals surface area contributed by atoms with Crippen molar-refractivity contribution in [1.82, 2.24) is 0 Å². The molecule has 0 radical (unpaired) electrons. The average Bonchev–Trinajstić information content (AvgIpc) is 1.99. The summed E-state index contributed by atoms with van der Waals surface area (Å²) in [6.45, 7) is 4.61. The lowest BCUT2D eigenvalue weighted by molar-refractivity contribution is -0.290. The third-order valence-electron chi connectivity index (χ3n) is 0.923. The predicted octanol–water partition coefficient (Wildman–Crippen LogP) is 0.510. The lowest BCUT2D eigenvalue weighted by atomic mass is 10.3. The predicted molar refractivity (Wildman–Crippen MR) is 39.1 cm³/mol. The van der Waals surface area contributed by atoms with Crippen LogP contribution < -0.4 is 0 Å². The van der Waals surface area contributed by atoms with Crippen molar-refractivity contribution in [2.24, 2.45) is 0 Å². The average molecular weight is 174 g/mol. The van der Waals surface area contributed by atoms with E-state index in [4.69, 9.17) is 5.11 Å². The third-order valence-corrected chi connectivity index (χ3v) is 0.923. The first-order chi connectivity index (χ1) is 5.56. The Morgan fingerprint density at radius 3 is 2.67 bits per heavy atom. The second-order valence-corrected chi connectivity index (χ2v) is 2.11. The monoisotopic (exact) mass is 174 g/mol. The number of rotatable bonds is 5. The van der Waals surface area contributed by atoms with Gasteiger partial charge in [0.15, 0.2) is 0 Å². The van der Waals surface area contributed by atoms with E-state index in [0.717, 1.165) is 6.08 Å². The van der Waals surface area contributed by atoms with E-state index in [1.807, 2.05) is 0 Å². The van der Waals surface area contributed by atoms with E-state index >= 15 is 0 Å². The van der Waals surface area contributed by atoms with E-state index in [1.54, 1.807) is 0 Å². The van der Waals surface area contributed by atoms with Crippen molar-refractivity contribution in [3.8, 4) is 0 Å². The van der Waals surface area contributed by atoms with Crippen molar-refractivity contribution in [3.63, 3.8) is 0 Å². The maximum atomic E-state index is 10.4. The summed E-state index contributed by atoms with van der Waals surface area (Å²) in [6.07, 6.45) is 0.0455. The standard InChI is InChI=1S/C7H10O5/c1-3-7(10)12-11-5(2)4-6(8)9/h3,5H,1,4H2,2H3,(H,8,9). The Labute approximate surface area is 69.5 Å². The van der Waals surface area contributed by atoms with Crippen LogP contribution in [0.25, 0.3) is 0 Å². The fraction of sp³-hybridized carbons (Fsp3) is 0.429. The summed E-state index contributed by atoms with van der Waals surface area (Å²) in [5, 5.41) is 8.27. The molecule has 5 nitrogen and oxygen atoms in total. The smallest absolute Gasteiger partial charge is 0.365 e. The maximum Gasteiger partial charge on any atom is 0.365 e. The molecule has 0 aliphatic carbocycles. The molecule has 0 aliphatic heterocycles. The molecular weight excluding hydrogens is 164 g/mol. The van der Waals surface area contributed by atoms with Crippen LogP contribution in [0.2, 0.25) is 0 Å². The van der Waals surface area contributed by atoms with Crippen molar-refractivity contribution >= 4 is 11.9 Å². The van der Waals surface area contributed by atoms with E-state index in [-0.39, 0.29) is 6.42 Å². The highest BCUT2D eigenvalue weighted by Gasteiger charge is 2.10. The summed E-state index contributed by atoms with van der Waals surface area (Å²) in [5.74, 6) is -1.76. The number of aliphatic carboxylic acids is 1. The van der Waals surface area contributed by atoms with Crippen LogP contribution in [0.1, 0.15) is 13.3 Å². The van der Waals surface area contributed by atoms with Crippen LogP contribution in [0.15, 0.2) is 12.7 Å². The minimum atomic E-state index is -1.02. The molecule has 0 bridgehead atoms. The summed E-state index contributed by atoms with van der Waals surface area (Å²) in [5.41, 5.74) is 0. The van der Waals surface area contributed by atoms with Gasteiger partial charge in [0.05, 0.1) is 6.42 Å². The molecule has 1 unspecified atom stereocenters. The lowest BCUT2D eigenvalue weighted by Crippen LogP contribution is -2.15. The van der Waals surface area contributed by atoms with E-state index in [2.05, 4.69) is 16.4 Å². The summed E-state index contributed by atoms with van der Waals surface area (Å²) >= 11 is 0. The Hall–Kier alpha value is -1.36. The molecule has 12 heavy (non-hydrogen) atoms. The quantitative estimate of drug-likeness (QED) is 0.373. The van der Waals surface area contributed by atoms with Crippen molar-refractivity contribution in [2.75, 3.05) is 0 Å². The lowest BCUT2D eigenvalue weighted by Gasteiger charge is -2.06. The first-order valence-electron chi connectivity index (χ1n) is 3.27. The van der Waals surface area contributed by atoms with Crippen molar-refractivity contribution in [2.45, 2.75) is 19.4 Å². The molecular formula is C7H10O5. The van der Waals surface area contributed by atoms with Gasteiger partial charge in [-0.05, 0) is 6.92 Å². The molecule has 0 saturated carbocycles. The van der Waals surface area contributed by atoms with Gasteiger partial charge in [0, 0.05) is 6.08 Å². The van der Waals surface area contributed by atoms with Crippen molar-refractivity contribution < 1.29 is 24.5 Å². The number of carboxylic acid groups (broad SMARTS) is 1. The van der Waals surface area contributed by atoms with Gasteiger partial charge in [-0.25, -0.2) is 4.79 Å². The highest BCUT2D eigenvalue weighted by atomic mass is 17.2. The Balaban J connectivity index is 3.56. The topological polar surface area (TPSA) is 72.8 Å². The zero-order chi connectivity index (χ0) is 9.56. The largest absolute Gasteiger partial charge is 0.481 e. The van der Waals surface area contributed by atoms with E-state index in [9.17, 15) is 9.59 Å². The van der Waals surface area contributed by atoms with Crippen molar-refractivity contribution in [3.05, 3.63) is 12.7 Å². The number of carbonyl (C=O) groups is 2. The summed E-state index contributed by atoms with van der Waals surface area (Å²) in [7, 11) is 0. The van der Waals surface area contributed by atoms with Gasteiger partial charge >= 0.3 is 11.9 Å². The summed E-state index contributed by atoms with van der Waals surface area (Å²) in [6, 6.07) is 0. The van der Waals surface area contributed by atoms with Crippen LogP contribution >= 0.6 is 0 Å². The zero-order valence-corrected chi connectivity index (χ0v) is 6.65. The molecule has 0 aromatic heterocycles. The van der Waals surface area contributed by atoms with Crippen LogP contribution in [0.4, 0.5) is 0 Å². The molecule has 0 aromatic carbocycles. The molecule has 0 fully saturated rings. The number of carbonyl (C=O) groups excluding carboxylic acids is 1. The molecule has 0 rings (SSSR count). The third kappa shape index (κ3) is 5.43. The molecule has 1 atom stereocenters. The van der Waals surface area contributed by atoms with Gasteiger partial charge in [-0.1, -0.05) is 6.58 Å². The van der Waals surface area contributed by atoms with Gasteiger partial charge < -0.3 is 5.11 Å². The molecule has 0 aliphatic rings. The van der Waals surface area contributed by atoms with Crippen LogP contribution in [0.5, 0.6) is 0 Å². The second-order valence-electron chi connectivity index (χ2n) is 2.11. The molecule has 0 aromatic rings. The van der Waals surface area contributed by atoms with Gasteiger partial charge in [-0.3, -0.25) is 9.68 Å². The minimum absolute atomic E-state index is 0.218. The fourth-order valence-corrected chi connectivity index (χ4v) is 0.444. The Kier molecular flexibility index (Phi) is 4.71. The maximum absolute atomic E-state index is 10.4. The molecule has 1 N–H and O–H groups in total. The highest BCUT2D eigenvalue weighted by molar-refractivity contribution is 5.80. The van der Waals surface area contributed by atoms with E-state index in [0.29, 0.717) is 0 Å². The SMILES string of the molecule is C=CC(=O)OOC(C)CC(=O)O. The number of hydrogen-bond acceptors (Lipinski definition) is 4. The highest BCUT2D eigenvalue weighted by Crippen LogP contribution is 1.98. The first kappa shape index (κ1) is 10.6. The Bertz CT molecular complexity index is 186. The van der Waals surface area contributed by atoms with E-state index in [1.165, 1.54) is 6.92 Å². The van der Waals surface area contributed by atoms with Crippen LogP contribution in [-0.4, -0.2) is 23.1 Å². The second kappa shape index (κ2) is 5.31. The van der Waals surface area contributed by atoms with Gasteiger partial charge in [0.25, 0.3) is 0 Å². The summed E-state index contributed by atoms with van der Waals surface area (Å²) in [4.78, 5) is 29.0. The minimum Gasteiger partial charge on any atom is -0.481 e.